The van der Waals surface area contributed by atoms with Crippen molar-refractivity contribution < 1.29 is 38.1 Å². The van der Waals surface area contributed by atoms with Crippen molar-refractivity contribution in [1.82, 2.24) is 40.4 Å². The monoisotopic (exact) mass is 846 g/mol. The molecule has 4 amide bonds. The molecule has 326 valence electrons. The minimum atomic E-state index is -0.703. The molecule has 0 radical (unpaired) electrons. The Morgan fingerprint density at radius 1 is 0.758 bits per heavy atom. The second kappa shape index (κ2) is 17.8. The second-order valence-electron chi connectivity index (χ2n) is 17.4. The number of carbonyl (C=O) groups is 4. The third-order valence-corrected chi connectivity index (χ3v) is 13.4. The molecule has 1 saturated carbocycles. The van der Waals surface area contributed by atoms with Crippen LogP contribution in [0.3, 0.4) is 0 Å². The van der Waals surface area contributed by atoms with Crippen LogP contribution in [0.2, 0.25) is 0 Å². The van der Waals surface area contributed by atoms with Gasteiger partial charge in [-0.1, -0.05) is 31.0 Å². The van der Waals surface area contributed by atoms with Crippen molar-refractivity contribution in [2.75, 3.05) is 47.2 Å². The summed E-state index contributed by atoms with van der Waals surface area (Å²) in [7, 11) is 2.62. The number of imidazole rings is 2. The third kappa shape index (κ3) is 8.60. The lowest BCUT2D eigenvalue weighted by Crippen LogP contribution is -2.54. The number of likely N-dealkylation sites (tertiary alicyclic amines) is 2. The molecule has 62 heavy (non-hydrogen) atoms. The van der Waals surface area contributed by atoms with Crippen LogP contribution in [0.5, 0.6) is 0 Å². The van der Waals surface area contributed by atoms with Crippen LogP contribution in [-0.2, 0) is 28.5 Å². The standard InChI is InChI=1S/C46H54N8O8/c1-26-18-37(53(25-26)43(55)39(51-45(57)59-2)28-10-14-61-15-11-28)41-48-24-35(50-41)32-8-7-30-19-27(4-6-31(30)20-32)5-9-34-23-47-42(49-34)38-22-33-21-36(33)54(38)44(56)40(52-46(58)60-3)29-12-16-62-17-13-29/h4,6-8,19-20,23-24,26,28-29,33,36-40H,10-18,21-22,25H2,1-3H3,(H,47,49)(H,48,50)(H,51,57)(H,52,58)/t26-,33+,36+,37-,38-,39+,40-/m0/s1. The molecule has 4 aliphatic heterocycles. The molecule has 16 heteroatoms. The van der Waals surface area contributed by atoms with Crippen LogP contribution in [0.1, 0.15) is 86.9 Å². The van der Waals surface area contributed by atoms with Gasteiger partial charge in [-0.25, -0.2) is 19.6 Å². The molecule has 9 rings (SSSR count). The van der Waals surface area contributed by atoms with Crippen LogP contribution >= 0.6 is 0 Å². The van der Waals surface area contributed by atoms with E-state index in [1.165, 1.54) is 14.2 Å². The number of alkyl carbamates (subject to hydrolysis) is 2. The van der Waals surface area contributed by atoms with Gasteiger partial charge in [-0.15, -0.1) is 0 Å². The van der Waals surface area contributed by atoms with Crippen LogP contribution < -0.4 is 10.6 Å². The third-order valence-electron chi connectivity index (χ3n) is 13.4. The molecule has 4 saturated heterocycles. The SMILES string of the molecule is COC(=O)N[C@H](C(=O)N1[C@@H]2C[C@@H]2C[C@H]1c1ncc(C#Cc2ccc3cc(-c4cnc([C@@H]5C[C@H](C)CN5C(=O)[C@H](NC(=O)OC)C5CCOCC5)[nH]4)ccc3c2)[nH]1)C1CCOCC1. The number of carbonyl (C=O) groups excluding carboxylic acids is 4. The number of hydrogen-bond donors (Lipinski definition) is 4. The summed E-state index contributed by atoms with van der Waals surface area (Å²) in [6.45, 7) is 4.92. The van der Waals surface area contributed by atoms with E-state index >= 15 is 0 Å². The van der Waals surface area contributed by atoms with Crippen LogP contribution in [0.15, 0.2) is 48.8 Å². The van der Waals surface area contributed by atoms with Crippen molar-refractivity contribution in [2.45, 2.75) is 82.1 Å². The first-order valence-corrected chi connectivity index (χ1v) is 21.8. The van der Waals surface area contributed by atoms with E-state index in [1.807, 2.05) is 34.2 Å². The zero-order chi connectivity index (χ0) is 42.9. The summed E-state index contributed by atoms with van der Waals surface area (Å²) in [6, 6.07) is 10.6. The quantitative estimate of drug-likeness (QED) is 0.162. The Bertz CT molecular complexity index is 2370. The molecular weight excluding hydrogens is 793 g/mol. The summed E-state index contributed by atoms with van der Waals surface area (Å²) < 4.78 is 20.9. The van der Waals surface area contributed by atoms with E-state index < -0.39 is 24.3 Å². The lowest BCUT2D eigenvalue weighted by molar-refractivity contribution is -0.138. The van der Waals surface area contributed by atoms with Crippen molar-refractivity contribution in [1.29, 1.82) is 0 Å². The molecule has 2 aromatic heterocycles. The lowest BCUT2D eigenvalue weighted by atomic mass is 9.90. The summed E-state index contributed by atoms with van der Waals surface area (Å²) in [5.41, 5.74) is 3.31. The number of aromatic nitrogens is 4. The Labute approximate surface area is 360 Å². The number of nitrogens with zero attached hydrogens (tertiary/aromatic N) is 4. The highest BCUT2D eigenvalue weighted by molar-refractivity contribution is 5.89. The highest BCUT2D eigenvalue weighted by Gasteiger charge is 2.56. The van der Waals surface area contributed by atoms with Crippen molar-refractivity contribution >= 4 is 34.8 Å². The molecule has 0 unspecified atom stereocenters. The van der Waals surface area contributed by atoms with Gasteiger partial charge in [0.15, 0.2) is 0 Å². The van der Waals surface area contributed by atoms with Crippen LogP contribution in [0.25, 0.3) is 22.0 Å². The van der Waals surface area contributed by atoms with Crippen LogP contribution in [-0.4, -0.2) is 119 Å². The average Bonchev–Trinajstić information content (AvgIpc) is 3.78. The number of benzene rings is 2. The normalized spacial score (nSPS) is 24.7. The predicted octanol–water partition coefficient (Wildman–Crippen LogP) is 5.23. The van der Waals surface area contributed by atoms with Gasteiger partial charge >= 0.3 is 12.2 Å². The van der Waals surface area contributed by atoms with Crippen LogP contribution in [0.4, 0.5) is 9.59 Å². The Kier molecular flexibility index (Phi) is 11.9. The smallest absolute Gasteiger partial charge is 0.407 e. The van der Waals surface area contributed by atoms with E-state index in [2.05, 4.69) is 62.5 Å². The van der Waals surface area contributed by atoms with E-state index in [1.54, 1.807) is 6.20 Å². The zero-order valence-corrected chi connectivity index (χ0v) is 35.4. The minimum absolute atomic E-state index is 0.0322. The summed E-state index contributed by atoms with van der Waals surface area (Å²) in [5, 5.41) is 7.73. The van der Waals surface area contributed by atoms with E-state index in [0.29, 0.717) is 81.9 Å². The van der Waals surface area contributed by atoms with Gasteiger partial charge in [-0.3, -0.25) is 9.59 Å². The van der Waals surface area contributed by atoms with Crippen molar-refractivity contribution in [2.24, 2.45) is 23.7 Å². The van der Waals surface area contributed by atoms with Gasteiger partial charge < -0.3 is 49.3 Å². The number of methoxy groups -OCH3 is 2. The first-order chi connectivity index (χ1) is 30.2. The Balaban J connectivity index is 0.877. The van der Waals surface area contributed by atoms with Crippen molar-refractivity contribution in [3.63, 3.8) is 0 Å². The van der Waals surface area contributed by atoms with Gasteiger partial charge in [0, 0.05) is 50.1 Å². The van der Waals surface area contributed by atoms with Gasteiger partial charge in [0.1, 0.15) is 29.4 Å². The Morgan fingerprint density at radius 2 is 1.39 bits per heavy atom. The number of nitrogens with one attached hydrogen (secondary N) is 4. The number of ether oxygens (including phenoxy) is 4. The maximum atomic E-state index is 14.2. The van der Waals surface area contributed by atoms with E-state index in [-0.39, 0.29) is 47.7 Å². The molecule has 5 aliphatic rings. The number of aromatic amines is 2. The minimum Gasteiger partial charge on any atom is -0.453 e. The fourth-order valence-electron chi connectivity index (χ4n) is 9.99. The van der Waals surface area contributed by atoms with Gasteiger partial charge in [0.2, 0.25) is 11.8 Å². The first kappa shape index (κ1) is 41.4. The number of amides is 4. The highest BCUT2D eigenvalue weighted by atomic mass is 16.5. The summed E-state index contributed by atoms with van der Waals surface area (Å²) >= 11 is 0. The largest absolute Gasteiger partial charge is 0.453 e. The Hall–Kier alpha value is -5.92. The number of H-pyrrole nitrogens is 2. The molecule has 7 atom stereocenters. The predicted molar refractivity (Wildman–Crippen MR) is 226 cm³/mol. The maximum Gasteiger partial charge on any atom is 0.407 e. The fraction of sp³-hybridized carbons (Fsp3) is 0.522. The molecular formula is C46H54N8O8. The molecule has 2 aromatic carbocycles. The van der Waals surface area contributed by atoms with Gasteiger partial charge in [-0.05, 0) is 104 Å². The molecule has 0 spiro atoms. The number of hydrogen-bond acceptors (Lipinski definition) is 10. The van der Waals surface area contributed by atoms with Crippen LogP contribution in [0, 0.1) is 35.5 Å². The second-order valence-corrected chi connectivity index (χ2v) is 17.4. The molecule has 16 nitrogen and oxygen atoms in total. The van der Waals surface area contributed by atoms with Gasteiger partial charge in [0.05, 0.1) is 44.4 Å². The highest BCUT2D eigenvalue weighted by Crippen LogP contribution is 2.53. The number of rotatable bonds is 9. The lowest BCUT2D eigenvalue weighted by Gasteiger charge is -2.35. The summed E-state index contributed by atoms with van der Waals surface area (Å²) in [4.78, 5) is 73.1. The molecule has 0 bridgehead atoms. The summed E-state index contributed by atoms with van der Waals surface area (Å²) in [6.07, 6.45) is 7.58. The van der Waals surface area contributed by atoms with Gasteiger partial charge in [-0.2, -0.15) is 0 Å². The average molecular weight is 847 g/mol. The molecule has 4 aromatic rings. The molecule has 1 aliphatic carbocycles. The van der Waals surface area contributed by atoms with Crippen molar-refractivity contribution in [3.8, 4) is 23.1 Å². The maximum absolute atomic E-state index is 14.2. The Morgan fingerprint density at radius 3 is 2.08 bits per heavy atom. The van der Waals surface area contributed by atoms with E-state index in [0.717, 1.165) is 46.9 Å². The molecule has 6 heterocycles. The fourth-order valence-corrected chi connectivity index (χ4v) is 9.99. The zero-order valence-electron chi connectivity index (χ0n) is 35.4. The van der Waals surface area contributed by atoms with E-state index in [9.17, 15) is 19.2 Å². The molecule has 4 N–H and O–H groups in total. The summed E-state index contributed by atoms with van der Waals surface area (Å²) in [5.74, 6) is 8.31. The number of fused-ring (bicyclic) bond motifs is 2. The topological polar surface area (TPSA) is 193 Å². The first-order valence-electron chi connectivity index (χ1n) is 21.8. The van der Waals surface area contributed by atoms with Crippen molar-refractivity contribution in [3.05, 3.63) is 71.7 Å². The number of piperidine rings is 1. The molecule has 5 fully saturated rings. The van der Waals surface area contributed by atoms with Gasteiger partial charge in [0.25, 0.3) is 0 Å². The van der Waals surface area contributed by atoms with E-state index in [4.69, 9.17) is 23.9 Å².